The van der Waals surface area contributed by atoms with Gasteiger partial charge in [0.25, 0.3) is 0 Å². The molecule has 0 heterocycles. The summed E-state index contributed by atoms with van der Waals surface area (Å²) in [5.74, 6) is 5.35. The van der Waals surface area contributed by atoms with Crippen molar-refractivity contribution in [2.75, 3.05) is 0 Å². The molecule has 0 atom stereocenters. The van der Waals surface area contributed by atoms with Gasteiger partial charge in [-0.05, 0) is 11.8 Å². The van der Waals surface area contributed by atoms with Crippen molar-refractivity contribution in [1.82, 2.24) is 0 Å². The zero-order valence-electron chi connectivity index (χ0n) is 9.23. The number of nitrogens with zero attached hydrogens (tertiary/aromatic N) is 1. The zero-order valence-corrected chi connectivity index (χ0v) is 9.23. The summed E-state index contributed by atoms with van der Waals surface area (Å²) in [6.07, 6.45) is 0.965. The summed E-state index contributed by atoms with van der Waals surface area (Å²) < 4.78 is 0. The molecule has 0 aromatic carbocycles. The van der Waals surface area contributed by atoms with Crippen LogP contribution in [0.2, 0.25) is 0 Å². The maximum atomic E-state index is 5.35. The minimum absolute atomic E-state index is 0.0992. The van der Waals surface area contributed by atoms with Gasteiger partial charge in [0, 0.05) is 11.1 Å². The summed E-state index contributed by atoms with van der Waals surface area (Å²) >= 11 is 0. The van der Waals surface area contributed by atoms with E-state index in [1.54, 1.807) is 0 Å². The highest BCUT2D eigenvalue weighted by Crippen LogP contribution is 2.27. The monoisotopic (exact) mass is 170 g/mol. The van der Waals surface area contributed by atoms with Gasteiger partial charge in [-0.3, -0.25) is 0 Å². The van der Waals surface area contributed by atoms with E-state index in [2.05, 4.69) is 46.6 Å². The SMILES string of the molecule is CC(C)(C)C/C(=N/N)C(C)(C)C. The van der Waals surface area contributed by atoms with Crippen LogP contribution in [0.3, 0.4) is 0 Å². The molecule has 2 N–H and O–H groups in total. The molecule has 0 saturated carbocycles. The molecule has 0 radical (unpaired) electrons. The summed E-state index contributed by atoms with van der Waals surface area (Å²) in [5, 5.41) is 3.86. The summed E-state index contributed by atoms with van der Waals surface area (Å²) in [6, 6.07) is 0. The van der Waals surface area contributed by atoms with Crippen LogP contribution >= 0.6 is 0 Å². The second-order valence-corrected chi connectivity index (χ2v) is 5.56. The quantitative estimate of drug-likeness (QED) is 0.367. The third-order valence-electron chi connectivity index (χ3n) is 1.72. The molecule has 0 aliphatic heterocycles. The van der Waals surface area contributed by atoms with Crippen LogP contribution in [0.4, 0.5) is 0 Å². The van der Waals surface area contributed by atoms with Gasteiger partial charge in [-0.25, -0.2) is 0 Å². The van der Waals surface area contributed by atoms with Gasteiger partial charge in [-0.2, -0.15) is 5.10 Å². The van der Waals surface area contributed by atoms with Crippen LogP contribution in [0, 0.1) is 10.8 Å². The molecule has 0 aromatic heterocycles. The van der Waals surface area contributed by atoms with E-state index in [0.29, 0.717) is 0 Å². The Kier molecular flexibility index (Phi) is 3.31. The Balaban J connectivity index is 4.43. The molecule has 0 amide bonds. The molecule has 0 aliphatic rings. The second kappa shape index (κ2) is 3.46. The van der Waals surface area contributed by atoms with Crippen LogP contribution in [0.25, 0.3) is 0 Å². The molecular formula is C10H22N2. The Morgan fingerprint density at radius 2 is 1.50 bits per heavy atom. The fourth-order valence-electron chi connectivity index (χ4n) is 1.01. The summed E-state index contributed by atoms with van der Waals surface area (Å²) in [7, 11) is 0. The van der Waals surface area contributed by atoms with Crippen molar-refractivity contribution in [3.05, 3.63) is 0 Å². The fraction of sp³-hybridized carbons (Fsp3) is 0.900. The lowest BCUT2D eigenvalue weighted by Gasteiger charge is -2.27. The Labute approximate surface area is 76.2 Å². The third-order valence-corrected chi connectivity index (χ3v) is 1.72. The Bertz CT molecular complexity index is 167. The molecule has 2 heteroatoms. The van der Waals surface area contributed by atoms with Crippen molar-refractivity contribution in [2.45, 2.75) is 48.0 Å². The maximum absolute atomic E-state index is 5.35. The lowest BCUT2D eigenvalue weighted by molar-refractivity contribution is 0.412. The standard InChI is InChI=1S/C10H22N2/c1-9(2,3)7-8(12-11)10(4,5)6/h7,11H2,1-6H3/b12-8-. The first-order valence-electron chi connectivity index (χ1n) is 4.44. The molecule has 0 saturated heterocycles. The largest absolute Gasteiger partial charge is 0.323 e. The minimum atomic E-state index is 0.0992. The number of hydrogen-bond acceptors (Lipinski definition) is 2. The predicted molar refractivity (Wildman–Crippen MR) is 55.1 cm³/mol. The van der Waals surface area contributed by atoms with Gasteiger partial charge in [0.1, 0.15) is 0 Å². The second-order valence-electron chi connectivity index (χ2n) is 5.56. The van der Waals surface area contributed by atoms with E-state index in [4.69, 9.17) is 5.84 Å². The van der Waals surface area contributed by atoms with Gasteiger partial charge in [-0.1, -0.05) is 41.5 Å². The molecule has 2 nitrogen and oxygen atoms in total. The molecule has 0 fully saturated rings. The van der Waals surface area contributed by atoms with Crippen molar-refractivity contribution in [2.24, 2.45) is 21.8 Å². The summed E-state index contributed by atoms with van der Waals surface area (Å²) in [4.78, 5) is 0. The Morgan fingerprint density at radius 1 is 1.08 bits per heavy atom. The van der Waals surface area contributed by atoms with E-state index in [-0.39, 0.29) is 10.8 Å². The average molecular weight is 170 g/mol. The van der Waals surface area contributed by atoms with E-state index in [1.807, 2.05) is 0 Å². The number of hydrazone groups is 1. The van der Waals surface area contributed by atoms with Gasteiger partial charge in [0.05, 0.1) is 0 Å². The molecule has 0 aliphatic carbocycles. The van der Waals surface area contributed by atoms with Crippen LogP contribution in [0.1, 0.15) is 48.0 Å². The smallest absolute Gasteiger partial charge is 0.0434 e. The van der Waals surface area contributed by atoms with Crippen molar-refractivity contribution in [3.8, 4) is 0 Å². The minimum Gasteiger partial charge on any atom is -0.323 e. The predicted octanol–water partition coefficient (Wildman–Crippen LogP) is 2.78. The first-order valence-corrected chi connectivity index (χ1v) is 4.44. The Hall–Kier alpha value is -0.530. The van der Waals surface area contributed by atoms with Crippen LogP contribution in [-0.4, -0.2) is 5.71 Å². The molecule has 0 spiro atoms. The number of nitrogens with two attached hydrogens (primary N) is 1. The normalized spacial score (nSPS) is 15.0. The molecule has 0 bridgehead atoms. The van der Waals surface area contributed by atoms with Crippen LogP contribution in [0.15, 0.2) is 5.10 Å². The maximum Gasteiger partial charge on any atom is 0.0434 e. The lowest BCUT2D eigenvalue weighted by atomic mass is 9.79. The topological polar surface area (TPSA) is 38.4 Å². The average Bonchev–Trinajstić information content (AvgIpc) is 1.78. The van der Waals surface area contributed by atoms with Gasteiger partial charge in [0.15, 0.2) is 0 Å². The zero-order chi connectivity index (χ0) is 9.99. The molecule has 12 heavy (non-hydrogen) atoms. The summed E-state index contributed by atoms with van der Waals surface area (Å²) in [5.41, 5.74) is 1.46. The third kappa shape index (κ3) is 4.37. The van der Waals surface area contributed by atoms with E-state index in [9.17, 15) is 0 Å². The highest BCUT2D eigenvalue weighted by atomic mass is 15.1. The number of rotatable bonds is 1. The lowest BCUT2D eigenvalue weighted by Crippen LogP contribution is -2.26. The first kappa shape index (κ1) is 11.5. The molecular weight excluding hydrogens is 148 g/mol. The van der Waals surface area contributed by atoms with Gasteiger partial charge in [0.2, 0.25) is 0 Å². The van der Waals surface area contributed by atoms with Gasteiger partial charge in [-0.15, -0.1) is 0 Å². The van der Waals surface area contributed by atoms with Crippen molar-refractivity contribution < 1.29 is 0 Å². The molecule has 0 unspecified atom stereocenters. The van der Waals surface area contributed by atoms with Gasteiger partial charge < -0.3 is 5.84 Å². The van der Waals surface area contributed by atoms with Crippen molar-refractivity contribution >= 4 is 5.71 Å². The molecule has 0 aromatic rings. The fourth-order valence-corrected chi connectivity index (χ4v) is 1.01. The van der Waals surface area contributed by atoms with Crippen LogP contribution in [0.5, 0.6) is 0 Å². The highest BCUT2D eigenvalue weighted by Gasteiger charge is 2.24. The van der Waals surface area contributed by atoms with Crippen LogP contribution in [-0.2, 0) is 0 Å². The first-order chi connectivity index (χ1) is 5.17. The summed E-state index contributed by atoms with van der Waals surface area (Å²) in [6.45, 7) is 13.0. The van der Waals surface area contributed by atoms with Gasteiger partial charge >= 0.3 is 0 Å². The van der Waals surface area contributed by atoms with E-state index >= 15 is 0 Å². The Morgan fingerprint density at radius 3 is 1.58 bits per heavy atom. The van der Waals surface area contributed by atoms with E-state index < -0.39 is 0 Å². The van der Waals surface area contributed by atoms with E-state index in [1.165, 1.54) is 0 Å². The molecule has 72 valence electrons. The van der Waals surface area contributed by atoms with E-state index in [0.717, 1.165) is 12.1 Å². The van der Waals surface area contributed by atoms with Crippen LogP contribution < -0.4 is 5.84 Å². The number of hydrogen-bond donors (Lipinski definition) is 1. The highest BCUT2D eigenvalue weighted by molar-refractivity contribution is 5.89. The van der Waals surface area contributed by atoms with Crippen molar-refractivity contribution in [3.63, 3.8) is 0 Å². The van der Waals surface area contributed by atoms with Crippen molar-refractivity contribution in [1.29, 1.82) is 0 Å². The molecule has 0 rings (SSSR count).